The van der Waals surface area contributed by atoms with Gasteiger partial charge in [0.1, 0.15) is 0 Å². The summed E-state index contributed by atoms with van der Waals surface area (Å²) in [6.45, 7) is 0.750. The van der Waals surface area contributed by atoms with Gasteiger partial charge < -0.3 is 14.6 Å². The zero-order valence-corrected chi connectivity index (χ0v) is 9.70. The van der Waals surface area contributed by atoms with E-state index in [9.17, 15) is 13.6 Å². The van der Waals surface area contributed by atoms with Crippen LogP contribution >= 0.6 is 0 Å². The van der Waals surface area contributed by atoms with E-state index in [-0.39, 0.29) is 30.9 Å². The summed E-state index contributed by atoms with van der Waals surface area (Å²) in [5, 5.41) is 8.63. The van der Waals surface area contributed by atoms with E-state index in [0.29, 0.717) is 11.3 Å². The highest BCUT2D eigenvalue weighted by atomic mass is 19.3. The highest BCUT2D eigenvalue weighted by molar-refractivity contribution is 5.67. The van der Waals surface area contributed by atoms with Crippen LogP contribution in [0.3, 0.4) is 0 Å². The van der Waals surface area contributed by atoms with Gasteiger partial charge in [-0.3, -0.25) is 4.79 Å². The molecule has 1 aromatic carbocycles. The second-order valence-corrected chi connectivity index (χ2v) is 4.15. The van der Waals surface area contributed by atoms with Gasteiger partial charge in [0.25, 0.3) is 5.92 Å². The molecule has 0 fully saturated rings. The maximum Gasteiger partial charge on any atom is 0.303 e. The van der Waals surface area contributed by atoms with E-state index >= 15 is 0 Å². The Balaban J connectivity index is 2.37. The largest absolute Gasteiger partial charge is 0.481 e. The minimum absolute atomic E-state index is 0.0336. The molecule has 1 aromatic rings. The summed E-state index contributed by atoms with van der Waals surface area (Å²) in [6, 6.07) is 2.50. The maximum absolute atomic E-state index is 13.3. The predicted octanol–water partition coefficient (Wildman–Crippen LogP) is 2.54. The van der Waals surface area contributed by atoms with Gasteiger partial charge in [0.05, 0.1) is 0 Å². The molecule has 0 amide bonds. The Morgan fingerprint density at radius 3 is 2.78 bits per heavy atom. The standard InChI is InChI=1S/C12H12F2O4/c1-12(13,14)8-4-7(2-3-10(15)16)11-9(5-8)17-6-18-11/h4-5H,2-3,6H2,1H3,(H,15,16). The van der Waals surface area contributed by atoms with Gasteiger partial charge in [0.2, 0.25) is 6.79 Å². The molecule has 6 heteroatoms. The van der Waals surface area contributed by atoms with E-state index in [1.165, 1.54) is 12.1 Å². The number of halogens is 2. The number of rotatable bonds is 4. The van der Waals surface area contributed by atoms with Crippen LogP contribution in [0.4, 0.5) is 8.78 Å². The lowest BCUT2D eigenvalue weighted by Crippen LogP contribution is -2.08. The topological polar surface area (TPSA) is 55.8 Å². The Bertz CT molecular complexity index is 480. The minimum Gasteiger partial charge on any atom is -0.481 e. The van der Waals surface area contributed by atoms with E-state index in [4.69, 9.17) is 14.6 Å². The number of ether oxygens (including phenoxy) is 2. The van der Waals surface area contributed by atoms with Crippen LogP contribution in [-0.2, 0) is 17.1 Å². The fourth-order valence-corrected chi connectivity index (χ4v) is 1.76. The van der Waals surface area contributed by atoms with Crippen LogP contribution < -0.4 is 9.47 Å². The Morgan fingerprint density at radius 2 is 2.17 bits per heavy atom. The first kappa shape index (κ1) is 12.6. The Hall–Kier alpha value is -1.85. The molecule has 2 rings (SSSR count). The summed E-state index contributed by atoms with van der Waals surface area (Å²) in [5.41, 5.74) is 0.232. The van der Waals surface area contributed by atoms with Crippen molar-refractivity contribution in [1.29, 1.82) is 0 Å². The number of hydrogen-bond acceptors (Lipinski definition) is 3. The molecule has 1 aliphatic heterocycles. The van der Waals surface area contributed by atoms with Crippen LogP contribution in [-0.4, -0.2) is 17.9 Å². The number of alkyl halides is 2. The smallest absolute Gasteiger partial charge is 0.303 e. The SMILES string of the molecule is CC(F)(F)c1cc(CCC(=O)O)c2c(c1)OCO2. The molecule has 4 nitrogen and oxygen atoms in total. The van der Waals surface area contributed by atoms with Crippen molar-refractivity contribution in [2.75, 3.05) is 6.79 Å². The summed E-state index contributed by atoms with van der Waals surface area (Å²) in [7, 11) is 0. The molecular formula is C12H12F2O4. The summed E-state index contributed by atoms with van der Waals surface area (Å²) < 4.78 is 36.8. The molecule has 0 aliphatic carbocycles. The Labute approximate surface area is 102 Å². The number of carbonyl (C=O) groups is 1. The fourth-order valence-electron chi connectivity index (χ4n) is 1.76. The van der Waals surface area contributed by atoms with Crippen LogP contribution in [0.25, 0.3) is 0 Å². The monoisotopic (exact) mass is 258 g/mol. The van der Waals surface area contributed by atoms with Crippen LogP contribution in [0.15, 0.2) is 12.1 Å². The molecule has 0 saturated carbocycles. The molecule has 0 saturated heterocycles. The Kier molecular flexibility index (Phi) is 3.11. The van der Waals surface area contributed by atoms with Gasteiger partial charge in [0, 0.05) is 18.9 Å². The molecule has 18 heavy (non-hydrogen) atoms. The zero-order valence-electron chi connectivity index (χ0n) is 9.70. The summed E-state index contributed by atoms with van der Waals surface area (Å²) in [5.74, 6) is -3.38. The lowest BCUT2D eigenvalue weighted by atomic mass is 10.0. The van der Waals surface area contributed by atoms with Crippen molar-refractivity contribution in [2.45, 2.75) is 25.7 Å². The molecule has 0 unspecified atom stereocenters. The number of aryl methyl sites for hydroxylation is 1. The molecule has 0 aromatic heterocycles. The first-order valence-electron chi connectivity index (χ1n) is 5.40. The fraction of sp³-hybridized carbons (Fsp3) is 0.417. The number of carboxylic acid groups (broad SMARTS) is 1. The molecule has 1 aliphatic rings. The summed E-state index contributed by atoms with van der Waals surface area (Å²) in [4.78, 5) is 10.5. The van der Waals surface area contributed by atoms with Gasteiger partial charge in [-0.05, 0) is 24.1 Å². The predicted molar refractivity (Wildman–Crippen MR) is 58.1 cm³/mol. The summed E-state index contributed by atoms with van der Waals surface area (Å²) in [6.07, 6.45) is -0.0144. The van der Waals surface area contributed by atoms with Gasteiger partial charge in [-0.25, -0.2) is 8.78 Å². The van der Waals surface area contributed by atoms with Crippen molar-refractivity contribution in [3.8, 4) is 11.5 Å². The van der Waals surface area contributed by atoms with Gasteiger partial charge in [-0.1, -0.05) is 0 Å². The first-order chi connectivity index (χ1) is 8.38. The van der Waals surface area contributed by atoms with Crippen molar-refractivity contribution < 1.29 is 28.2 Å². The Morgan fingerprint density at radius 1 is 1.44 bits per heavy atom. The number of benzene rings is 1. The van der Waals surface area contributed by atoms with Crippen molar-refractivity contribution >= 4 is 5.97 Å². The van der Waals surface area contributed by atoms with Crippen molar-refractivity contribution in [1.82, 2.24) is 0 Å². The van der Waals surface area contributed by atoms with Crippen LogP contribution in [0.1, 0.15) is 24.5 Å². The van der Waals surface area contributed by atoms with Gasteiger partial charge in [0.15, 0.2) is 11.5 Å². The quantitative estimate of drug-likeness (QED) is 0.901. The third kappa shape index (κ3) is 2.52. The molecule has 98 valence electrons. The van der Waals surface area contributed by atoms with Crippen molar-refractivity contribution in [3.63, 3.8) is 0 Å². The van der Waals surface area contributed by atoms with Gasteiger partial charge in [-0.15, -0.1) is 0 Å². The molecule has 1 N–H and O–H groups in total. The van der Waals surface area contributed by atoms with Crippen LogP contribution in [0.2, 0.25) is 0 Å². The van der Waals surface area contributed by atoms with E-state index in [1.807, 2.05) is 0 Å². The van der Waals surface area contributed by atoms with E-state index < -0.39 is 11.9 Å². The third-order valence-electron chi connectivity index (χ3n) is 2.66. The average Bonchev–Trinajstić information content (AvgIpc) is 2.72. The maximum atomic E-state index is 13.3. The lowest BCUT2D eigenvalue weighted by molar-refractivity contribution is -0.136. The molecular weight excluding hydrogens is 246 g/mol. The molecule has 1 heterocycles. The lowest BCUT2D eigenvalue weighted by Gasteiger charge is -2.13. The molecule has 0 radical (unpaired) electrons. The van der Waals surface area contributed by atoms with Gasteiger partial charge in [-0.2, -0.15) is 0 Å². The third-order valence-corrected chi connectivity index (χ3v) is 2.66. The summed E-state index contributed by atoms with van der Waals surface area (Å²) >= 11 is 0. The van der Waals surface area contributed by atoms with Crippen LogP contribution in [0.5, 0.6) is 11.5 Å². The van der Waals surface area contributed by atoms with Gasteiger partial charge >= 0.3 is 5.97 Å². The number of carboxylic acids is 1. The first-order valence-corrected chi connectivity index (χ1v) is 5.40. The zero-order chi connectivity index (χ0) is 13.3. The van der Waals surface area contributed by atoms with Crippen molar-refractivity contribution in [3.05, 3.63) is 23.3 Å². The number of aliphatic carboxylic acids is 1. The highest BCUT2D eigenvalue weighted by Gasteiger charge is 2.29. The highest BCUT2D eigenvalue weighted by Crippen LogP contribution is 2.41. The molecule has 0 spiro atoms. The van der Waals surface area contributed by atoms with E-state index in [0.717, 1.165) is 6.92 Å². The average molecular weight is 258 g/mol. The molecule has 0 bridgehead atoms. The van der Waals surface area contributed by atoms with E-state index in [1.54, 1.807) is 0 Å². The normalized spacial score (nSPS) is 13.7. The van der Waals surface area contributed by atoms with Crippen molar-refractivity contribution in [2.24, 2.45) is 0 Å². The second-order valence-electron chi connectivity index (χ2n) is 4.15. The van der Waals surface area contributed by atoms with E-state index in [2.05, 4.69) is 0 Å². The number of fused-ring (bicyclic) bond motifs is 1. The van der Waals surface area contributed by atoms with Crippen LogP contribution in [0, 0.1) is 0 Å². The molecule has 0 atom stereocenters. The number of hydrogen-bond donors (Lipinski definition) is 1. The second kappa shape index (κ2) is 4.44. The minimum atomic E-state index is -3.00.